The zero-order chi connectivity index (χ0) is 10.8. The lowest BCUT2D eigenvalue weighted by atomic mass is 10.3. The van der Waals surface area contributed by atoms with Crippen LogP contribution in [0.3, 0.4) is 0 Å². The van der Waals surface area contributed by atoms with Gasteiger partial charge in [0.25, 0.3) is 0 Å². The summed E-state index contributed by atoms with van der Waals surface area (Å²) in [6, 6.07) is 4.65. The number of imidazole rings is 1. The Balaban J connectivity index is 0.00000128. The first kappa shape index (κ1) is 13.5. The molecule has 0 spiro atoms. The second kappa shape index (κ2) is 5.64. The third-order valence-corrected chi connectivity index (χ3v) is 2.60. The summed E-state index contributed by atoms with van der Waals surface area (Å²) in [5.41, 5.74) is 1.63. The summed E-state index contributed by atoms with van der Waals surface area (Å²) in [6.45, 7) is 2.96. The van der Waals surface area contributed by atoms with Crippen LogP contribution in [-0.2, 0) is 12.4 Å². The normalized spacial score (nSPS) is 10.4. The predicted octanol–water partition coefficient (Wildman–Crippen LogP) is 3.90. The number of alkyl halides is 1. The van der Waals surface area contributed by atoms with Gasteiger partial charge < -0.3 is 4.57 Å². The number of aromatic nitrogens is 2. The number of hydrogen-bond donors (Lipinski definition) is 0. The van der Waals surface area contributed by atoms with Gasteiger partial charge in [0.05, 0.1) is 16.9 Å². The Kier molecular flexibility index (Phi) is 4.74. The molecule has 1 aromatic carbocycles. The Morgan fingerprint density at radius 1 is 1.44 bits per heavy atom. The molecule has 1 aromatic heterocycles. The number of rotatable bonds is 3. The number of hydrogen-bond acceptors (Lipinski definition) is 1. The highest BCUT2D eigenvalue weighted by Gasteiger charge is 2.09. The van der Waals surface area contributed by atoms with Crippen LogP contribution in [0.5, 0.6) is 0 Å². The van der Waals surface area contributed by atoms with Crippen molar-refractivity contribution in [2.45, 2.75) is 25.8 Å². The van der Waals surface area contributed by atoms with Crippen molar-refractivity contribution in [2.75, 3.05) is 0 Å². The van der Waals surface area contributed by atoms with E-state index in [1.165, 1.54) is 12.1 Å². The molecule has 2 rings (SSSR count). The van der Waals surface area contributed by atoms with Crippen molar-refractivity contribution in [3.63, 3.8) is 0 Å². The first-order chi connectivity index (χ1) is 7.26. The summed E-state index contributed by atoms with van der Waals surface area (Å²) < 4.78 is 15.0. The van der Waals surface area contributed by atoms with Gasteiger partial charge in [-0.25, -0.2) is 9.37 Å². The minimum absolute atomic E-state index is 0. The van der Waals surface area contributed by atoms with Crippen molar-refractivity contribution in [3.05, 3.63) is 29.8 Å². The molecule has 0 aliphatic rings. The molecule has 5 heteroatoms. The molecule has 0 N–H and O–H groups in total. The summed E-state index contributed by atoms with van der Waals surface area (Å²) in [6.07, 6.45) is 1.01. The maximum Gasteiger partial charge on any atom is 0.125 e. The lowest BCUT2D eigenvalue weighted by Crippen LogP contribution is -2.01. The van der Waals surface area contributed by atoms with E-state index in [9.17, 15) is 4.39 Å². The van der Waals surface area contributed by atoms with Gasteiger partial charge in [-0.2, -0.15) is 0 Å². The minimum Gasteiger partial charge on any atom is -0.327 e. The Hall–Kier alpha value is -0.610. The van der Waals surface area contributed by atoms with Crippen LogP contribution in [0.1, 0.15) is 19.2 Å². The predicted molar refractivity (Wildman–Crippen MR) is 69.9 cm³/mol. The van der Waals surface area contributed by atoms with E-state index in [0.29, 0.717) is 11.4 Å². The standard InChI is InChI=1S/C11H12ClFN2.BrH/c1-2-5-15-10-4-3-8(13)6-9(10)14-11(15)7-12;/h3-4,6H,2,5,7H2,1H3;1H. The molecular weight excluding hydrogens is 294 g/mol. The molecule has 0 saturated heterocycles. The molecule has 0 unspecified atom stereocenters. The van der Waals surface area contributed by atoms with E-state index in [1.54, 1.807) is 6.07 Å². The first-order valence-corrected chi connectivity index (χ1v) is 5.50. The fraction of sp³-hybridized carbons (Fsp3) is 0.364. The van der Waals surface area contributed by atoms with Crippen LogP contribution in [0.4, 0.5) is 4.39 Å². The van der Waals surface area contributed by atoms with Crippen molar-refractivity contribution in [1.29, 1.82) is 0 Å². The highest BCUT2D eigenvalue weighted by molar-refractivity contribution is 8.93. The van der Waals surface area contributed by atoms with E-state index >= 15 is 0 Å². The Morgan fingerprint density at radius 2 is 2.19 bits per heavy atom. The van der Waals surface area contributed by atoms with Crippen LogP contribution in [0.15, 0.2) is 18.2 Å². The lowest BCUT2D eigenvalue weighted by Gasteiger charge is -2.04. The van der Waals surface area contributed by atoms with Gasteiger partial charge in [-0.05, 0) is 18.6 Å². The maximum absolute atomic E-state index is 13.0. The van der Waals surface area contributed by atoms with Gasteiger partial charge in [-0.1, -0.05) is 6.92 Å². The van der Waals surface area contributed by atoms with E-state index in [-0.39, 0.29) is 22.8 Å². The Labute approximate surface area is 109 Å². The molecule has 16 heavy (non-hydrogen) atoms. The first-order valence-electron chi connectivity index (χ1n) is 4.97. The molecule has 0 bridgehead atoms. The smallest absolute Gasteiger partial charge is 0.125 e. The average molecular weight is 308 g/mol. The summed E-state index contributed by atoms with van der Waals surface area (Å²) in [5, 5.41) is 0. The van der Waals surface area contributed by atoms with Gasteiger partial charge in [0.15, 0.2) is 0 Å². The molecule has 2 nitrogen and oxygen atoms in total. The zero-order valence-electron chi connectivity index (χ0n) is 8.91. The number of benzene rings is 1. The summed E-state index contributed by atoms with van der Waals surface area (Å²) >= 11 is 5.80. The number of nitrogens with zero attached hydrogens (tertiary/aromatic N) is 2. The summed E-state index contributed by atoms with van der Waals surface area (Å²) in [4.78, 5) is 4.30. The largest absolute Gasteiger partial charge is 0.327 e. The van der Waals surface area contributed by atoms with Gasteiger partial charge in [-0.15, -0.1) is 28.6 Å². The molecule has 1 heterocycles. The second-order valence-corrected chi connectivity index (χ2v) is 3.71. The van der Waals surface area contributed by atoms with E-state index < -0.39 is 0 Å². The third-order valence-electron chi connectivity index (χ3n) is 2.36. The van der Waals surface area contributed by atoms with Gasteiger partial charge in [0.2, 0.25) is 0 Å². The van der Waals surface area contributed by atoms with Crippen LogP contribution in [0, 0.1) is 5.82 Å². The zero-order valence-corrected chi connectivity index (χ0v) is 11.4. The third kappa shape index (κ3) is 2.38. The van der Waals surface area contributed by atoms with Crippen LogP contribution in [0.2, 0.25) is 0 Å². The maximum atomic E-state index is 13.0. The van der Waals surface area contributed by atoms with Crippen LogP contribution < -0.4 is 0 Å². The van der Waals surface area contributed by atoms with Gasteiger partial charge in [0, 0.05) is 12.6 Å². The molecule has 0 saturated carbocycles. The number of aryl methyl sites for hydroxylation is 1. The SMILES string of the molecule is Br.CCCn1c(CCl)nc2cc(F)ccc21. The number of fused-ring (bicyclic) bond motifs is 1. The minimum atomic E-state index is -0.259. The molecule has 88 valence electrons. The monoisotopic (exact) mass is 306 g/mol. The lowest BCUT2D eigenvalue weighted by molar-refractivity contribution is 0.629. The number of halogens is 3. The molecule has 0 atom stereocenters. The summed E-state index contributed by atoms with van der Waals surface area (Å²) in [7, 11) is 0. The molecular formula is C11H13BrClFN2. The topological polar surface area (TPSA) is 17.8 Å². The molecule has 0 aliphatic heterocycles. The molecule has 2 aromatic rings. The molecule has 0 aliphatic carbocycles. The van der Waals surface area contributed by atoms with Gasteiger partial charge in [-0.3, -0.25) is 0 Å². The van der Waals surface area contributed by atoms with Gasteiger partial charge in [0.1, 0.15) is 11.6 Å². The van der Waals surface area contributed by atoms with Crippen molar-refractivity contribution >= 4 is 39.6 Å². The molecule has 0 amide bonds. The summed E-state index contributed by atoms with van der Waals surface area (Å²) in [5.74, 6) is 0.903. The highest BCUT2D eigenvalue weighted by Crippen LogP contribution is 2.19. The van der Waals surface area contributed by atoms with Crippen LogP contribution in [0.25, 0.3) is 11.0 Å². The van der Waals surface area contributed by atoms with E-state index in [1.807, 2.05) is 4.57 Å². The Bertz CT molecular complexity index is 484. The van der Waals surface area contributed by atoms with E-state index in [4.69, 9.17) is 11.6 Å². The van der Waals surface area contributed by atoms with Gasteiger partial charge >= 0.3 is 0 Å². The fourth-order valence-electron chi connectivity index (χ4n) is 1.73. The highest BCUT2D eigenvalue weighted by atomic mass is 79.9. The average Bonchev–Trinajstić information content (AvgIpc) is 2.56. The second-order valence-electron chi connectivity index (χ2n) is 3.45. The van der Waals surface area contributed by atoms with Crippen molar-refractivity contribution < 1.29 is 4.39 Å². The Morgan fingerprint density at radius 3 is 2.81 bits per heavy atom. The quantitative estimate of drug-likeness (QED) is 0.786. The van der Waals surface area contributed by atoms with Crippen LogP contribution in [-0.4, -0.2) is 9.55 Å². The van der Waals surface area contributed by atoms with Crippen LogP contribution >= 0.6 is 28.6 Å². The van der Waals surface area contributed by atoms with Crippen molar-refractivity contribution in [2.24, 2.45) is 0 Å². The molecule has 0 fully saturated rings. The van der Waals surface area contributed by atoms with E-state index in [2.05, 4.69) is 11.9 Å². The molecule has 0 radical (unpaired) electrons. The van der Waals surface area contributed by atoms with Crippen molar-refractivity contribution in [3.8, 4) is 0 Å². The van der Waals surface area contributed by atoms with Crippen molar-refractivity contribution in [1.82, 2.24) is 9.55 Å². The van der Waals surface area contributed by atoms with E-state index in [0.717, 1.165) is 24.3 Å². The fourth-order valence-corrected chi connectivity index (χ4v) is 1.93.